The number of rotatable bonds is 11. The standard InChI is InChI=1S/C37H36N4O10S2.Na/c1-20-13-26(38-36-22(3)15-28(40(42)43)16-23(36)4)7-10-31(20)35(33-12-9-30(52(46,47)48)19-34(33)53(49,50)51)32-11-8-27(14-21(32)2)39-37-24(5)17-29(41(44)45)18-25(37)6;/h7-19,35,38-39H,1-6H3,(H,46,47,48)(H,49,50,51);/q;+1/p-2. The molecule has 0 fully saturated rings. The first-order valence-electron chi connectivity index (χ1n) is 16.0. The minimum absolute atomic E-state index is 0. The number of anilines is 4. The molecule has 0 aromatic heterocycles. The largest absolute Gasteiger partial charge is 1.00 e. The Morgan fingerprint density at radius 3 is 1.20 bits per heavy atom. The molecule has 17 heteroatoms. The molecule has 0 bridgehead atoms. The van der Waals surface area contributed by atoms with E-state index in [2.05, 4.69) is 10.6 Å². The van der Waals surface area contributed by atoms with Crippen LogP contribution < -0.4 is 40.2 Å². The van der Waals surface area contributed by atoms with Gasteiger partial charge in [0.15, 0.2) is 0 Å². The molecule has 276 valence electrons. The number of nitro groups is 2. The van der Waals surface area contributed by atoms with Crippen LogP contribution in [-0.4, -0.2) is 35.8 Å². The molecule has 54 heavy (non-hydrogen) atoms. The normalized spacial score (nSPS) is 11.6. The van der Waals surface area contributed by atoms with Crippen molar-refractivity contribution in [3.63, 3.8) is 0 Å². The van der Waals surface area contributed by atoms with Crippen LogP contribution in [0, 0.1) is 61.8 Å². The predicted octanol–water partition coefficient (Wildman–Crippen LogP) is 4.83. The summed E-state index contributed by atoms with van der Waals surface area (Å²) in [6.45, 7) is 10.5. The molecule has 0 radical (unpaired) electrons. The van der Waals surface area contributed by atoms with E-state index in [1.807, 2.05) is 0 Å². The molecule has 0 aliphatic carbocycles. The second-order valence-corrected chi connectivity index (χ2v) is 15.6. The van der Waals surface area contributed by atoms with Gasteiger partial charge < -0.3 is 19.7 Å². The fourth-order valence-corrected chi connectivity index (χ4v) is 7.87. The molecule has 0 aliphatic heterocycles. The monoisotopic (exact) mass is 781 g/mol. The van der Waals surface area contributed by atoms with Gasteiger partial charge in [-0.05, 0) is 128 Å². The van der Waals surface area contributed by atoms with E-state index in [1.54, 1.807) is 77.9 Å². The van der Waals surface area contributed by atoms with Crippen LogP contribution in [0.5, 0.6) is 0 Å². The number of non-ortho nitro benzene ring substituents is 2. The van der Waals surface area contributed by atoms with E-state index in [-0.39, 0.29) is 46.5 Å². The molecular formula is C37H34N4NaO10S2-. The molecule has 0 heterocycles. The van der Waals surface area contributed by atoms with Crippen LogP contribution in [0.2, 0.25) is 0 Å². The van der Waals surface area contributed by atoms with Crippen LogP contribution in [0.1, 0.15) is 56.0 Å². The average molecular weight is 782 g/mol. The van der Waals surface area contributed by atoms with E-state index in [4.69, 9.17) is 0 Å². The number of nitrogens with zero attached hydrogens (tertiary/aromatic N) is 2. The third-order valence-corrected chi connectivity index (χ3v) is 10.7. The van der Waals surface area contributed by atoms with Crippen LogP contribution in [0.4, 0.5) is 34.1 Å². The van der Waals surface area contributed by atoms with Gasteiger partial charge in [0.25, 0.3) is 11.4 Å². The minimum Gasteiger partial charge on any atom is -0.744 e. The van der Waals surface area contributed by atoms with Gasteiger partial charge >= 0.3 is 29.6 Å². The van der Waals surface area contributed by atoms with E-state index in [0.717, 1.165) is 12.1 Å². The summed E-state index contributed by atoms with van der Waals surface area (Å²) in [6.07, 6.45) is 0. The van der Waals surface area contributed by atoms with E-state index < -0.39 is 45.8 Å². The number of benzene rings is 5. The van der Waals surface area contributed by atoms with Gasteiger partial charge in [0.2, 0.25) is 0 Å². The second-order valence-electron chi connectivity index (χ2n) is 12.9. The molecular weight excluding hydrogens is 748 g/mol. The van der Waals surface area contributed by atoms with Gasteiger partial charge in [0.1, 0.15) is 20.2 Å². The molecule has 5 aromatic rings. The summed E-state index contributed by atoms with van der Waals surface area (Å²) in [4.78, 5) is 20.0. The number of nitrogens with one attached hydrogen (secondary N) is 2. The van der Waals surface area contributed by atoms with Crippen LogP contribution in [0.25, 0.3) is 0 Å². The zero-order chi connectivity index (χ0) is 39.2. The van der Waals surface area contributed by atoms with Crippen molar-refractivity contribution in [2.75, 3.05) is 10.6 Å². The summed E-state index contributed by atoms with van der Waals surface area (Å²) in [5.74, 6) is -0.953. The van der Waals surface area contributed by atoms with Gasteiger partial charge in [-0.2, -0.15) is 0 Å². The molecule has 0 aliphatic rings. The van der Waals surface area contributed by atoms with Gasteiger partial charge in [-0.25, -0.2) is 16.8 Å². The first-order chi connectivity index (χ1) is 24.6. The topological polar surface area (TPSA) is 225 Å². The maximum atomic E-state index is 12.7. The summed E-state index contributed by atoms with van der Waals surface area (Å²) in [5, 5.41) is 29.3. The van der Waals surface area contributed by atoms with E-state index in [9.17, 15) is 46.2 Å². The number of hydrogen-bond donors (Lipinski definition) is 2. The van der Waals surface area contributed by atoms with Gasteiger partial charge in [-0.3, -0.25) is 20.2 Å². The Balaban J connectivity index is 0.00000650. The summed E-state index contributed by atoms with van der Waals surface area (Å²) >= 11 is 0. The minimum atomic E-state index is -5.31. The van der Waals surface area contributed by atoms with E-state index in [0.29, 0.717) is 73.3 Å². The molecule has 0 spiro atoms. The fraction of sp³-hybridized carbons (Fsp3) is 0.189. The molecule has 2 N–H and O–H groups in total. The first-order valence-corrected chi connectivity index (χ1v) is 18.8. The van der Waals surface area contributed by atoms with Crippen LogP contribution in [-0.2, 0) is 20.2 Å². The smallest absolute Gasteiger partial charge is 0.744 e. The Morgan fingerprint density at radius 2 is 0.889 bits per heavy atom. The van der Waals surface area contributed by atoms with Gasteiger partial charge in [-0.15, -0.1) is 0 Å². The first kappa shape index (κ1) is 42.1. The van der Waals surface area contributed by atoms with Crippen molar-refractivity contribution in [1.82, 2.24) is 0 Å². The second kappa shape index (κ2) is 16.0. The fourth-order valence-electron chi connectivity index (χ4n) is 6.56. The Hall–Kier alpha value is -4.68. The van der Waals surface area contributed by atoms with Gasteiger partial charge in [0.05, 0.1) is 19.6 Å². The summed E-state index contributed by atoms with van der Waals surface area (Å²) in [7, 11) is -10.4. The Labute approximate surface area is 334 Å². The SMILES string of the molecule is Cc1cc(Nc2c(C)cc([N+](=O)[O-])cc2C)ccc1C(c1ccc(Nc2c(C)cc([N+](=O)[O-])cc2C)cc1C)c1ccc(S(=O)(=O)[O-])cc1S(=O)(=O)[O-].[Na+]. The van der Waals surface area contributed by atoms with Crippen LogP contribution >= 0.6 is 0 Å². The summed E-state index contributed by atoms with van der Waals surface area (Å²) in [5.41, 5.74) is 7.34. The molecule has 5 rings (SSSR count). The number of aryl methyl sites for hydroxylation is 6. The zero-order valence-corrected chi connectivity index (χ0v) is 34.0. The summed E-state index contributed by atoms with van der Waals surface area (Å²) in [6, 6.07) is 19.0. The predicted molar refractivity (Wildman–Crippen MR) is 197 cm³/mol. The van der Waals surface area contributed by atoms with Crippen molar-refractivity contribution >= 4 is 54.4 Å². The van der Waals surface area contributed by atoms with Crippen molar-refractivity contribution in [2.45, 2.75) is 57.3 Å². The average Bonchev–Trinajstić information content (AvgIpc) is 3.05. The van der Waals surface area contributed by atoms with Crippen LogP contribution in [0.3, 0.4) is 0 Å². The van der Waals surface area contributed by atoms with Gasteiger partial charge in [0, 0.05) is 52.9 Å². The van der Waals surface area contributed by atoms with E-state index >= 15 is 0 Å². The third-order valence-electron chi connectivity index (χ3n) is 9.01. The molecule has 0 atom stereocenters. The third kappa shape index (κ3) is 8.98. The van der Waals surface area contributed by atoms with Crippen molar-refractivity contribution in [1.29, 1.82) is 0 Å². The number of nitro benzene ring substituents is 2. The molecule has 14 nitrogen and oxygen atoms in total. The van der Waals surface area contributed by atoms with Crippen molar-refractivity contribution < 1.29 is 65.3 Å². The number of hydrogen-bond acceptors (Lipinski definition) is 12. The molecule has 0 saturated heterocycles. The Morgan fingerprint density at radius 1 is 0.519 bits per heavy atom. The maximum absolute atomic E-state index is 12.7. The summed E-state index contributed by atoms with van der Waals surface area (Å²) < 4.78 is 73.7. The quantitative estimate of drug-likeness (QED) is 0.0604. The molecule has 0 amide bonds. The van der Waals surface area contributed by atoms with Crippen molar-refractivity contribution in [2.24, 2.45) is 0 Å². The maximum Gasteiger partial charge on any atom is 1.00 e. The van der Waals surface area contributed by atoms with Gasteiger partial charge in [-0.1, -0.05) is 18.2 Å². The zero-order valence-electron chi connectivity index (χ0n) is 30.4. The van der Waals surface area contributed by atoms with Crippen molar-refractivity contribution in [3.8, 4) is 0 Å². The Kier molecular flexibility index (Phi) is 12.4. The van der Waals surface area contributed by atoms with Crippen molar-refractivity contribution in [3.05, 3.63) is 149 Å². The molecule has 0 unspecified atom stereocenters. The Bertz CT molecular complexity index is 2390. The van der Waals surface area contributed by atoms with Crippen LogP contribution in [0.15, 0.2) is 88.7 Å². The molecule has 5 aromatic carbocycles. The van der Waals surface area contributed by atoms with E-state index in [1.165, 1.54) is 24.3 Å². The molecule has 0 saturated carbocycles.